The number of amidine groups is 1. The molecule has 0 N–H and O–H groups in total. The van der Waals surface area contributed by atoms with Crippen LogP contribution in [0.25, 0.3) is 0 Å². The van der Waals surface area contributed by atoms with Crippen molar-refractivity contribution in [2.45, 2.75) is 23.9 Å². The van der Waals surface area contributed by atoms with Crippen LogP contribution in [0.4, 0.5) is 18.9 Å². The largest absolute Gasteiger partial charge is 0.496 e. The van der Waals surface area contributed by atoms with Crippen molar-refractivity contribution in [3.8, 4) is 5.75 Å². The molecule has 0 aromatic heterocycles. The molecule has 0 spiro atoms. The number of carbonyl (C=O) groups is 1. The lowest BCUT2D eigenvalue weighted by molar-refractivity contribution is -0.137. The van der Waals surface area contributed by atoms with Gasteiger partial charge in [0.15, 0.2) is 15.0 Å². The van der Waals surface area contributed by atoms with Crippen molar-refractivity contribution in [1.29, 1.82) is 0 Å². The van der Waals surface area contributed by atoms with Gasteiger partial charge in [-0.15, -0.1) is 0 Å². The predicted molar refractivity (Wildman–Crippen MR) is 122 cm³/mol. The molecule has 33 heavy (non-hydrogen) atoms. The Morgan fingerprint density at radius 2 is 1.97 bits per heavy atom. The van der Waals surface area contributed by atoms with Crippen LogP contribution >= 0.6 is 23.4 Å². The fourth-order valence-electron chi connectivity index (χ4n) is 3.90. The number of rotatable bonds is 4. The minimum atomic E-state index is -4.70. The SMILES string of the molecule is COc1ccccc1CC(=O)N=C1S[C@H]2CS(=O)(=O)C[C@H]2N1c1ccc(Cl)c(C(F)(F)F)c1. The average Bonchev–Trinajstić information content (AvgIpc) is 3.18. The Hall–Kier alpha value is -2.24. The highest BCUT2D eigenvalue weighted by atomic mass is 35.5. The Balaban J connectivity index is 1.71. The number of alkyl halides is 3. The van der Waals surface area contributed by atoms with Gasteiger partial charge in [-0.05, 0) is 24.3 Å². The second-order valence-electron chi connectivity index (χ2n) is 7.61. The van der Waals surface area contributed by atoms with Crippen molar-refractivity contribution in [3.05, 3.63) is 58.6 Å². The number of ether oxygens (including phenoxy) is 1. The van der Waals surface area contributed by atoms with Crippen LogP contribution in [0.5, 0.6) is 5.75 Å². The number of aliphatic imine (C=N–C) groups is 1. The Kier molecular flexibility index (Phi) is 6.41. The summed E-state index contributed by atoms with van der Waals surface area (Å²) in [4.78, 5) is 18.3. The maximum Gasteiger partial charge on any atom is 0.417 e. The van der Waals surface area contributed by atoms with Crippen LogP contribution in [0, 0.1) is 0 Å². The van der Waals surface area contributed by atoms with Gasteiger partial charge in [0.1, 0.15) is 5.75 Å². The molecule has 2 heterocycles. The van der Waals surface area contributed by atoms with E-state index in [1.807, 2.05) is 0 Å². The number of para-hydroxylation sites is 1. The first-order valence-electron chi connectivity index (χ1n) is 9.75. The second-order valence-corrected chi connectivity index (χ2v) is 11.4. The van der Waals surface area contributed by atoms with Crippen molar-refractivity contribution in [2.24, 2.45) is 4.99 Å². The quantitative estimate of drug-likeness (QED) is 0.603. The minimum absolute atomic E-state index is 0.0765. The third-order valence-corrected chi connectivity index (χ3v) is 8.89. The van der Waals surface area contributed by atoms with E-state index < -0.39 is 43.8 Å². The normalized spacial score (nSPS) is 23.1. The number of benzene rings is 2. The number of methoxy groups -OCH3 is 1. The van der Waals surface area contributed by atoms with Crippen LogP contribution in [-0.4, -0.2) is 49.4 Å². The zero-order valence-electron chi connectivity index (χ0n) is 17.2. The summed E-state index contributed by atoms with van der Waals surface area (Å²) < 4.78 is 69.9. The van der Waals surface area contributed by atoms with Crippen molar-refractivity contribution < 1.29 is 31.1 Å². The number of fused-ring (bicyclic) bond motifs is 1. The number of hydrogen-bond acceptors (Lipinski definition) is 5. The van der Waals surface area contributed by atoms with Gasteiger partial charge < -0.3 is 9.64 Å². The minimum Gasteiger partial charge on any atom is -0.496 e. The van der Waals surface area contributed by atoms with Gasteiger partial charge in [0.25, 0.3) is 5.91 Å². The van der Waals surface area contributed by atoms with Gasteiger partial charge in [-0.25, -0.2) is 8.42 Å². The summed E-state index contributed by atoms with van der Waals surface area (Å²) in [5, 5.41) is -0.757. The number of thioether (sulfide) groups is 1. The lowest BCUT2D eigenvalue weighted by Crippen LogP contribution is -2.38. The van der Waals surface area contributed by atoms with Crippen molar-refractivity contribution in [1.82, 2.24) is 0 Å². The summed E-state index contributed by atoms with van der Waals surface area (Å²) in [5.74, 6) is -0.399. The molecule has 4 rings (SSSR count). The molecule has 176 valence electrons. The van der Waals surface area contributed by atoms with Gasteiger partial charge in [0.05, 0.1) is 41.7 Å². The van der Waals surface area contributed by atoms with Crippen LogP contribution in [0.1, 0.15) is 11.1 Å². The van der Waals surface area contributed by atoms with E-state index in [4.69, 9.17) is 16.3 Å². The topological polar surface area (TPSA) is 76.0 Å². The molecule has 0 radical (unpaired) electrons. The van der Waals surface area contributed by atoms with Gasteiger partial charge in [-0.2, -0.15) is 18.2 Å². The summed E-state index contributed by atoms with van der Waals surface area (Å²) >= 11 is 6.83. The van der Waals surface area contributed by atoms with Crippen LogP contribution < -0.4 is 9.64 Å². The number of anilines is 1. The Morgan fingerprint density at radius 1 is 1.24 bits per heavy atom. The number of amides is 1. The van der Waals surface area contributed by atoms with Gasteiger partial charge in [0, 0.05) is 16.5 Å². The lowest BCUT2D eigenvalue weighted by atomic mass is 10.1. The summed E-state index contributed by atoms with van der Waals surface area (Å²) in [6.07, 6.45) is -4.78. The van der Waals surface area contributed by atoms with Gasteiger partial charge in [-0.1, -0.05) is 41.6 Å². The van der Waals surface area contributed by atoms with E-state index in [2.05, 4.69) is 4.99 Å². The molecule has 2 saturated heterocycles. The first-order valence-corrected chi connectivity index (χ1v) is 12.8. The zero-order valence-corrected chi connectivity index (χ0v) is 19.6. The van der Waals surface area contributed by atoms with Gasteiger partial charge >= 0.3 is 6.18 Å². The fourth-order valence-corrected chi connectivity index (χ4v) is 8.06. The van der Waals surface area contributed by atoms with Crippen molar-refractivity contribution in [2.75, 3.05) is 23.5 Å². The Bertz CT molecular complexity index is 1230. The van der Waals surface area contributed by atoms with E-state index in [0.29, 0.717) is 11.3 Å². The molecule has 2 aliphatic rings. The Labute approximate surface area is 197 Å². The molecular weight excluding hydrogens is 501 g/mol. The number of carbonyl (C=O) groups excluding carboxylic acids is 1. The van der Waals surface area contributed by atoms with E-state index in [9.17, 15) is 26.4 Å². The fraction of sp³-hybridized carbons (Fsp3) is 0.333. The second kappa shape index (κ2) is 8.84. The van der Waals surface area contributed by atoms with Crippen LogP contribution in [-0.2, 0) is 27.2 Å². The van der Waals surface area contributed by atoms with Crippen molar-refractivity contribution in [3.63, 3.8) is 0 Å². The predicted octanol–water partition coefficient (Wildman–Crippen LogP) is 4.21. The van der Waals surface area contributed by atoms with Crippen LogP contribution in [0.3, 0.4) is 0 Å². The number of sulfone groups is 1. The Morgan fingerprint density at radius 3 is 2.67 bits per heavy atom. The number of nitrogens with zero attached hydrogens (tertiary/aromatic N) is 2. The highest BCUT2D eigenvalue weighted by Crippen LogP contribution is 2.43. The summed E-state index contributed by atoms with van der Waals surface area (Å²) in [6, 6.07) is 9.61. The van der Waals surface area contributed by atoms with Crippen LogP contribution in [0.15, 0.2) is 47.5 Å². The maximum atomic E-state index is 13.4. The molecule has 2 atom stereocenters. The van der Waals surface area contributed by atoms with Crippen LogP contribution in [0.2, 0.25) is 5.02 Å². The first-order chi connectivity index (χ1) is 15.5. The van der Waals surface area contributed by atoms with Crippen molar-refractivity contribution >= 4 is 50.0 Å². The molecule has 2 fully saturated rings. The molecule has 1 amide bonds. The summed E-state index contributed by atoms with van der Waals surface area (Å²) in [6.45, 7) is 0. The number of hydrogen-bond donors (Lipinski definition) is 0. The van der Waals surface area contributed by atoms with E-state index in [1.54, 1.807) is 24.3 Å². The number of halogens is 4. The lowest BCUT2D eigenvalue weighted by Gasteiger charge is -2.25. The van der Waals surface area contributed by atoms with E-state index >= 15 is 0 Å². The third kappa shape index (κ3) is 4.99. The highest BCUT2D eigenvalue weighted by Gasteiger charge is 2.49. The first kappa shape index (κ1) is 23.9. The van der Waals surface area contributed by atoms with E-state index in [1.165, 1.54) is 18.1 Å². The average molecular weight is 519 g/mol. The molecule has 12 heteroatoms. The monoisotopic (exact) mass is 518 g/mol. The molecule has 0 unspecified atom stereocenters. The molecule has 0 saturated carbocycles. The maximum absolute atomic E-state index is 13.4. The molecule has 0 aliphatic carbocycles. The summed E-state index contributed by atoms with van der Waals surface area (Å²) in [7, 11) is -1.89. The van der Waals surface area contributed by atoms with E-state index in [0.717, 1.165) is 23.9 Å². The molecular formula is C21H18ClF3N2O4S2. The third-order valence-electron chi connectivity index (χ3n) is 5.35. The molecule has 2 aromatic carbocycles. The highest BCUT2D eigenvalue weighted by molar-refractivity contribution is 8.16. The van der Waals surface area contributed by atoms with E-state index in [-0.39, 0.29) is 28.8 Å². The molecule has 2 aliphatic heterocycles. The molecule has 6 nitrogen and oxygen atoms in total. The van der Waals surface area contributed by atoms with Gasteiger partial charge in [-0.3, -0.25) is 4.79 Å². The molecule has 0 bridgehead atoms. The molecule has 2 aromatic rings. The standard InChI is InChI=1S/C21H18ClF3N2O4S2/c1-31-17-5-3-2-4-12(17)8-19(28)26-20-27(16-10-33(29,30)11-18(16)32-20)13-6-7-15(22)14(9-13)21(23,24)25/h2-7,9,16,18H,8,10-11H2,1H3/t16-,18+/m1/s1. The summed E-state index contributed by atoms with van der Waals surface area (Å²) in [5.41, 5.74) is -0.360. The zero-order chi connectivity index (χ0) is 24.0. The smallest absolute Gasteiger partial charge is 0.417 e. The van der Waals surface area contributed by atoms with Gasteiger partial charge in [0.2, 0.25) is 0 Å².